The number of carbonyl (C=O) groups is 3. The van der Waals surface area contributed by atoms with Gasteiger partial charge in [0, 0.05) is 44.2 Å². The number of amides is 3. The predicted octanol–water partition coefficient (Wildman–Crippen LogP) is 1.55. The Morgan fingerprint density at radius 3 is 2.35 bits per heavy atom. The summed E-state index contributed by atoms with van der Waals surface area (Å²) in [6.07, 6.45) is 1.36. The van der Waals surface area contributed by atoms with Crippen LogP contribution in [0.1, 0.15) is 35.7 Å². The van der Waals surface area contributed by atoms with Gasteiger partial charge in [0.2, 0.25) is 11.8 Å². The summed E-state index contributed by atoms with van der Waals surface area (Å²) in [6.45, 7) is 4.67. The average Bonchev–Trinajstić information content (AvgIpc) is 2.55. The van der Waals surface area contributed by atoms with E-state index < -0.39 is 0 Å². The Bertz CT molecular complexity index is 620. The Labute approximate surface area is 136 Å². The minimum absolute atomic E-state index is 0.0241. The van der Waals surface area contributed by atoms with Crippen molar-refractivity contribution in [1.82, 2.24) is 10.2 Å². The molecule has 124 valence electrons. The van der Waals surface area contributed by atoms with Gasteiger partial charge < -0.3 is 15.5 Å². The lowest BCUT2D eigenvalue weighted by Crippen LogP contribution is -2.40. The van der Waals surface area contributed by atoms with E-state index in [2.05, 4.69) is 10.6 Å². The van der Waals surface area contributed by atoms with Crippen LogP contribution in [0.25, 0.3) is 0 Å². The van der Waals surface area contributed by atoms with Crippen molar-refractivity contribution in [3.05, 3.63) is 29.3 Å². The number of likely N-dealkylation sites (tertiary alicyclic amines) is 1. The van der Waals surface area contributed by atoms with Crippen molar-refractivity contribution in [3.63, 3.8) is 0 Å². The van der Waals surface area contributed by atoms with Crippen LogP contribution in [0.5, 0.6) is 0 Å². The van der Waals surface area contributed by atoms with Crippen LogP contribution < -0.4 is 10.6 Å². The first-order chi connectivity index (χ1) is 10.9. The van der Waals surface area contributed by atoms with Crippen molar-refractivity contribution in [2.24, 2.45) is 5.92 Å². The number of benzene rings is 1. The van der Waals surface area contributed by atoms with Crippen LogP contribution in [0.3, 0.4) is 0 Å². The highest BCUT2D eigenvalue weighted by Crippen LogP contribution is 2.22. The molecule has 0 saturated carbocycles. The Kier molecular flexibility index (Phi) is 5.36. The van der Waals surface area contributed by atoms with Gasteiger partial charge in [-0.25, -0.2) is 0 Å². The lowest BCUT2D eigenvalue weighted by molar-refractivity contribution is -0.132. The second-order valence-electron chi connectivity index (χ2n) is 5.88. The number of hydrogen-bond donors (Lipinski definition) is 2. The van der Waals surface area contributed by atoms with Crippen molar-refractivity contribution in [2.45, 2.75) is 26.7 Å². The highest BCUT2D eigenvalue weighted by atomic mass is 16.2. The van der Waals surface area contributed by atoms with Crippen LogP contribution in [0.4, 0.5) is 5.69 Å². The molecule has 1 aromatic rings. The maximum Gasteiger partial charge on any atom is 0.251 e. The van der Waals surface area contributed by atoms with Crippen LogP contribution in [0.15, 0.2) is 18.2 Å². The van der Waals surface area contributed by atoms with E-state index >= 15 is 0 Å². The van der Waals surface area contributed by atoms with Gasteiger partial charge in [0.1, 0.15) is 0 Å². The van der Waals surface area contributed by atoms with Crippen LogP contribution >= 0.6 is 0 Å². The van der Waals surface area contributed by atoms with E-state index in [1.54, 1.807) is 37.1 Å². The molecule has 1 heterocycles. The Morgan fingerprint density at radius 1 is 1.17 bits per heavy atom. The van der Waals surface area contributed by atoms with E-state index in [1.807, 2.05) is 6.92 Å². The van der Waals surface area contributed by atoms with Gasteiger partial charge in [-0.3, -0.25) is 14.4 Å². The molecule has 6 nitrogen and oxygen atoms in total. The van der Waals surface area contributed by atoms with Crippen molar-refractivity contribution in [2.75, 3.05) is 25.5 Å². The fourth-order valence-corrected chi connectivity index (χ4v) is 2.78. The van der Waals surface area contributed by atoms with E-state index in [1.165, 1.54) is 0 Å². The van der Waals surface area contributed by atoms with Crippen LogP contribution in [-0.2, 0) is 9.59 Å². The number of nitrogens with one attached hydrogen (secondary N) is 2. The first-order valence-corrected chi connectivity index (χ1v) is 7.81. The molecular weight excluding hydrogens is 294 g/mol. The Hall–Kier alpha value is -2.37. The van der Waals surface area contributed by atoms with E-state index in [-0.39, 0.29) is 23.6 Å². The highest BCUT2D eigenvalue weighted by Gasteiger charge is 2.26. The maximum absolute atomic E-state index is 12.4. The normalized spacial score (nSPS) is 15.2. The van der Waals surface area contributed by atoms with Gasteiger partial charge in [0.15, 0.2) is 0 Å². The third-order valence-corrected chi connectivity index (χ3v) is 4.28. The van der Waals surface area contributed by atoms with E-state index in [9.17, 15) is 14.4 Å². The molecule has 2 N–H and O–H groups in total. The summed E-state index contributed by atoms with van der Waals surface area (Å²) in [6, 6.07) is 5.20. The molecule has 2 rings (SSSR count). The molecule has 0 radical (unpaired) electrons. The molecule has 0 unspecified atom stereocenters. The zero-order chi connectivity index (χ0) is 17.0. The number of aryl methyl sites for hydroxylation is 1. The molecule has 0 aliphatic carbocycles. The molecule has 1 saturated heterocycles. The van der Waals surface area contributed by atoms with E-state index in [0.717, 1.165) is 11.3 Å². The number of rotatable bonds is 3. The summed E-state index contributed by atoms with van der Waals surface area (Å²) >= 11 is 0. The average molecular weight is 317 g/mol. The molecular formula is C17H23N3O3. The first kappa shape index (κ1) is 17.0. The molecule has 0 bridgehead atoms. The third kappa shape index (κ3) is 4.09. The lowest BCUT2D eigenvalue weighted by Gasteiger charge is -2.30. The smallest absolute Gasteiger partial charge is 0.251 e. The fraction of sp³-hybridized carbons (Fsp3) is 0.471. The number of anilines is 1. The second kappa shape index (κ2) is 7.26. The molecule has 23 heavy (non-hydrogen) atoms. The summed E-state index contributed by atoms with van der Waals surface area (Å²) in [5.41, 5.74) is 2.13. The summed E-state index contributed by atoms with van der Waals surface area (Å²) in [5, 5.41) is 5.51. The SMILES string of the molecule is CNC(=O)c1ccc(NC(=O)C2CCN(C(C)=O)CC2)c(C)c1. The van der Waals surface area contributed by atoms with Crippen molar-refractivity contribution >= 4 is 23.4 Å². The first-order valence-electron chi connectivity index (χ1n) is 7.81. The molecule has 0 aromatic heterocycles. The van der Waals surface area contributed by atoms with Crippen molar-refractivity contribution in [3.8, 4) is 0 Å². The predicted molar refractivity (Wildman–Crippen MR) is 88.2 cm³/mol. The van der Waals surface area contributed by atoms with E-state index in [0.29, 0.717) is 31.5 Å². The standard InChI is InChI=1S/C17H23N3O3/c1-11-10-14(16(22)18-3)4-5-15(11)19-17(23)13-6-8-20(9-7-13)12(2)21/h4-5,10,13H,6-9H2,1-3H3,(H,18,22)(H,19,23). The number of hydrogen-bond acceptors (Lipinski definition) is 3. The van der Waals surface area contributed by atoms with Gasteiger partial charge in [0.05, 0.1) is 0 Å². The van der Waals surface area contributed by atoms with Gasteiger partial charge >= 0.3 is 0 Å². The quantitative estimate of drug-likeness (QED) is 0.888. The van der Waals surface area contributed by atoms with Crippen LogP contribution in [0, 0.1) is 12.8 Å². The summed E-state index contributed by atoms with van der Waals surface area (Å²) < 4.78 is 0. The van der Waals surface area contributed by atoms with E-state index in [4.69, 9.17) is 0 Å². The molecule has 3 amide bonds. The monoisotopic (exact) mass is 317 g/mol. The maximum atomic E-state index is 12.4. The molecule has 6 heteroatoms. The molecule has 1 fully saturated rings. The second-order valence-corrected chi connectivity index (χ2v) is 5.88. The van der Waals surface area contributed by atoms with Gasteiger partial charge in [-0.15, -0.1) is 0 Å². The van der Waals surface area contributed by atoms with Gasteiger partial charge in [0.25, 0.3) is 5.91 Å². The van der Waals surface area contributed by atoms with Crippen LogP contribution in [-0.4, -0.2) is 42.8 Å². The Balaban J connectivity index is 1.98. The fourth-order valence-electron chi connectivity index (χ4n) is 2.78. The topological polar surface area (TPSA) is 78.5 Å². The van der Waals surface area contributed by atoms with Gasteiger partial charge in [-0.1, -0.05) is 0 Å². The number of piperidine rings is 1. The van der Waals surface area contributed by atoms with Crippen molar-refractivity contribution < 1.29 is 14.4 Å². The number of carbonyl (C=O) groups excluding carboxylic acids is 3. The van der Waals surface area contributed by atoms with Crippen molar-refractivity contribution in [1.29, 1.82) is 0 Å². The third-order valence-electron chi connectivity index (χ3n) is 4.28. The molecule has 0 spiro atoms. The minimum atomic E-state index is -0.150. The zero-order valence-corrected chi connectivity index (χ0v) is 13.8. The van der Waals surface area contributed by atoms with Gasteiger partial charge in [-0.2, -0.15) is 0 Å². The molecule has 1 aliphatic heterocycles. The molecule has 1 aliphatic rings. The highest BCUT2D eigenvalue weighted by molar-refractivity contribution is 5.97. The summed E-state index contributed by atoms with van der Waals surface area (Å²) in [4.78, 5) is 37.1. The summed E-state index contributed by atoms with van der Waals surface area (Å²) in [5.74, 6) is -0.195. The minimum Gasteiger partial charge on any atom is -0.355 e. The lowest BCUT2D eigenvalue weighted by atomic mass is 9.95. The zero-order valence-electron chi connectivity index (χ0n) is 13.8. The largest absolute Gasteiger partial charge is 0.355 e. The molecule has 0 atom stereocenters. The molecule has 1 aromatic carbocycles. The number of nitrogens with zero attached hydrogens (tertiary/aromatic N) is 1. The van der Waals surface area contributed by atoms with Crippen LogP contribution in [0.2, 0.25) is 0 Å². The van der Waals surface area contributed by atoms with Gasteiger partial charge in [-0.05, 0) is 43.5 Å². The Morgan fingerprint density at radius 2 is 1.83 bits per heavy atom. The summed E-state index contributed by atoms with van der Waals surface area (Å²) in [7, 11) is 1.58.